The molecule has 3 heterocycles. The molecule has 2 aliphatic rings. The molecular formula is C30H39N7O4. The van der Waals surface area contributed by atoms with Gasteiger partial charge in [0.25, 0.3) is 0 Å². The van der Waals surface area contributed by atoms with Crippen molar-refractivity contribution in [1.29, 1.82) is 5.41 Å². The summed E-state index contributed by atoms with van der Waals surface area (Å²) in [5.41, 5.74) is 2.20. The Morgan fingerprint density at radius 2 is 1.83 bits per heavy atom. The number of rotatable bonds is 6. The molecule has 2 amide bonds. The van der Waals surface area contributed by atoms with E-state index in [1.165, 1.54) is 6.08 Å². The number of nitrogens with zero attached hydrogens (tertiary/aromatic N) is 4. The van der Waals surface area contributed by atoms with E-state index in [9.17, 15) is 15.0 Å². The van der Waals surface area contributed by atoms with E-state index in [2.05, 4.69) is 25.7 Å². The highest BCUT2D eigenvalue weighted by molar-refractivity contribution is 6.02. The molecular weight excluding hydrogens is 522 g/mol. The van der Waals surface area contributed by atoms with Gasteiger partial charge in [0.15, 0.2) is 5.65 Å². The molecule has 0 bridgehead atoms. The molecule has 0 radical (unpaired) electrons. The molecule has 5 N–H and O–H groups in total. The number of ether oxygens (including phenoxy) is 1. The number of carbonyl (C=O) groups excluding carboxylic acids is 1. The summed E-state index contributed by atoms with van der Waals surface area (Å²) in [5, 5.41) is 41.9. The Morgan fingerprint density at radius 3 is 2.54 bits per heavy atom. The SMILES string of the molecule is CC(C)(C)/C(O)=C/C(=N)NC(=O)N[C@H]1CC[C@@H](Oc2ccc3nnc(N4CCC(CO)CC4)n3c2)c2ccccc21. The van der Waals surface area contributed by atoms with E-state index in [1.807, 2.05) is 67.8 Å². The van der Waals surface area contributed by atoms with Crippen molar-refractivity contribution in [2.45, 2.75) is 58.6 Å². The predicted octanol–water partition coefficient (Wildman–Crippen LogP) is 4.66. The number of aromatic nitrogens is 3. The molecule has 218 valence electrons. The summed E-state index contributed by atoms with van der Waals surface area (Å²) < 4.78 is 8.46. The van der Waals surface area contributed by atoms with E-state index in [0.29, 0.717) is 24.5 Å². The van der Waals surface area contributed by atoms with Gasteiger partial charge in [-0.05, 0) is 54.9 Å². The Bertz CT molecular complexity index is 1440. The second-order valence-corrected chi connectivity index (χ2v) is 11.9. The quantitative estimate of drug-likeness (QED) is 0.167. The molecule has 1 saturated heterocycles. The van der Waals surface area contributed by atoms with Crippen molar-refractivity contribution < 1.29 is 19.7 Å². The molecule has 1 aliphatic carbocycles. The minimum atomic E-state index is -0.514. The number of pyridine rings is 1. The highest BCUT2D eigenvalue weighted by Gasteiger charge is 2.30. The smallest absolute Gasteiger partial charge is 0.320 e. The lowest BCUT2D eigenvalue weighted by Crippen LogP contribution is -2.42. The van der Waals surface area contributed by atoms with Gasteiger partial charge in [-0.15, -0.1) is 10.2 Å². The lowest BCUT2D eigenvalue weighted by atomic mass is 9.85. The lowest BCUT2D eigenvalue weighted by molar-refractivity contribution is 0.171. The second kappa shape index (κ2) is 11.8. The molecule has 3 aromatic rings. The number of urea groups is 1. The highest BCUT2D eigenvalue weighted by Crippen LogP contribution is 2.39. The summed E-state index contributed by atoms with van der Waals surface area (Å²) in [6, 6.07) is 11.0. The van der Waals surface area contributed by atoms with Crippen molar-refractivity contribution in [1.82, 2.24) is 25.2 Å². The van der Waals surface area contributed by atoms with Crippen LogP contribution in [0.3, 0.4) is 0 Å². The van der Waals surface area contributed by atoms with Crippen molar-refractivity contribution in [2.75, 3.05) is 24.6 Å². The molecule has 2 atom stereocenters. The van der Waals surface area contributed by atoms with E-state index in [-0.39, 0.29) is 30.3 Å². The molecule has 5 rings (SSSR count). The number of aliphatic hydroxyl groups excluding tert-OH is 2. The van der Waals surface area contributed by atoms with Crippen LogP contribution in [0.5, 0.6) is 5.75 Å². The zero-order valence-electron chi connectivity index (χ0n) is 23.8. The van der Waals surface area contributed by atoms with Crippen molar-refractivity contribution in [2.24, 2.45) is 11.3 Å². The molecule has 1 aliphatic heterocycles. The highest BCUT2D eigenvalue weighted by atomic mass is 16.5. The zero-order chi connectivity index (χ0) is 29.1. The minimum absolute atomic E-state index is 0.0221. The number of piperidine rings is 1. The first-order valence-electron chi connectivity index (χ1n) is 14.2. The first kappa shape index (κ1) is 28.4. The zero-order valence-corrected chi connectivity index (χ0v) is 23.8. The molecule has 0 unspecified atom stereocenters. The van der Waals surface area contributed by atoms with Crippen LogP contribution >= 0.6 is 0 Å². The van der Waals surface area contributed by atoms with E-state index in [0.717, 1.165) is 48.7 Å². The van der Waals surface area contributed by atoms with E-state index in [4.69, 9.17) is 10.1 Å². The first-order valence-corrected chi connectivity index (χ1v) is 14.2. The van der Waals surface area contributed by atoms with E-state index >= 15 is 0 Å². The number of carbonyl (C=O) groups is 1. The van der Waals surface area contributed by atoms with E-state index in [1.54, 1.807) is 0 Å². The molecule has 1 aromatic carbocycles. The maximum atomic E-state index is 12.7. The predicted molar refractivity (Wildman–Crippen MR) is 156 cm³/mol. The van der Waals surface area contributed by atoms with Crippen LogP contribution < -0.4 is 20.3 Å². The lowest BCUT2D eigenvalue weighted by Gasteiger charge is -2.32. The van der Waals surface area contributed by atoms with Gasteiger partial charge >= 0.3 is 6.03 Å². The van der Waals surface area contributed by atoms with Crippen LogP contribution in [0.1, 0.15) is 69.7 Å². The van der Waals surface area contributed by atoms with Gasteiger partial charge < -0.3 is 25.2 Å². The van der Waals surface area contributed by atoms with Crippen LogP contribution in [0.15, 0.2) is 54.4 Å². The summed E-state index contributed by atoms with van der Waals surface area (Å²) in [4.78, 5) is 14.9. The van der Waals surface area contributed by atoms with Gasteiger partial charge in [-0.2, -0.15) is 0 Å². The molecule has 0 spiro atoms. The average Bonchev–Trinajstić information content (AvgIpc) is 3.37. The standard InChI is InChI=1S/C30H39N7O4/c1-30(2,3)25(39)16-26(31)33-28(40)32-23-9-10-24(22-7-5-4-6-21(22)23)41-20-8-11-27-34-35-29(37(27)17-20)36-14-12-19(18-38)13-15-36/h4-8,11,16-17,19,23-24,38-39H,9-10,12-15,18H2,1-3H3,(H3,31,32,33,40)/b25-16-/t23-,24+/m0/s1. The van der Waals surface area contributed by atoms with Gasteiger partial charge in [0.2, 0.25) is 5.95 Å². The van der Waals surface area contributed by atoms with Gasteiger partial charge in [-0.3, -0.25) is 15.1 Å². The van der Waals surface area contributed by atoms with Gasteiger partial charge in [0, 0.05) is 31.2 Å². The number of allylic oxidation sites excluding steroid dienone is 1. The average molecular weight is 562 g/mol. The molecule has 11 heteroatoms. The number of amides is 2. The fraction of sp³-hybridized carbons (Fsp3) is 0.467. The number of anilines is 1. The molecule has 11 nitrogen and oxygen atoms in total. The molecule has 1 fully saturated rings. The summed E-state index contributed by atoms with van der Waals surface area (Å²) >= 11 is 0. The van der Waals surface area contributed by atoms with E-state index < -0.39 is 11.4 Å². The van der Waals surface area contributed by atoms with Gasteiger partial charge in [0.05, 0.1) is 12.2 Å². The number of hydrogen-bond acceptors (Lipinski definition) is 8. The normalized spacial score (nSPS) is 20.0. The van der Waals surface area contributed by atoms with Crippen LogP contribution in [0.25, 0.3) is 5.65 Å². The number of amidine groups is 1. The van der Waals surface area contributed by atoms with Crippen LogP contribution in [-0.2, 0) is 0 Å². The Labute approximate surface area is 239 Å². The summed E-state index contributed by atoms with van der Waals surface area (Å²) in [6.07, 6.45) is 6.17. The monoisotopic (exact) mass is 561 g/mol. The third kappa shape index (κ3) is 6.45. The molecule has 41 heavy (non-hydrogen) atoms. The van der Waals surface area contributed by atoms with Gasteiger partial charge in [0.1, 0.15) is 23.4 Å². The Balaban J connectivity index is 1.28. The van der Waals surface area contributed by atoms with Gasteiger partial charge in [-0.25, -0.2) is 4.79 Å². The summed E-state index contributed by atoms with van der Waals surface area (Å²) in [7, 11) is 0. The van der Waals surface area contributed by atoms with Crippen LogP contribution in [0.4, 0.5) is 10.7 Å². The maximum absolute atomic E-state index is 12.7. The Kier molecular flexibility index (Phi) is 8.16. The number of hydrogen-bond donors (Lipinski definition) is 5. The second-order valence-electron chi connectivity index (χ2n) is 11.9. The van der Waals surface area contributed by atoms with Crippen molar-refractivity contribution in [3.63, 3.8) is 0 Å². The first-order chi connectivity index (χ1) is 19.6. The summed E-state index contributed by atoms with van der Waals surface area (Å²) in [5.74, 6) is 1.66. The number of aliphatic hydroxyl groups is 2. The largest absolute Gasteiger partial charge is 0.512 e. The number of benzene rings is 1. The van der Waals surface area contributed by atoms with Crippen molar-refractivity contribution in [3.05, 3.63) is 65.6 Å². The maximum Gasteiger partial charge on any atom is 0.320 e. The topological polar surface area (TPSA) is 148 Å². The third-order valence-electron chi connectivity index (χ3n) is 7.83. The number of nitrogens with one attached hydrogen (secondary N) is 3. The van der Waals surface area contributed by atoms with Gasteiger partial charge in [-0.1, -0.05) is 45.0 Å². The Morgan fingerprint density at radius 1 is 1.10 bits per heavy atom. The third-order valence-corrected chi connectivity index (χ3v) is 7.83. The summed E-state index contributed by atoms with van der Waals surface area (Å²) in [6.45, 7) is 7.35. The van der Waals surface area contributed by atoms with Crippen LogP contribution in [0, 0.1) is 16.7 Å². The number of fused-ring (bicyclic) bond motifs is 2. The Hall–Kier alpha value is -4.12. The fourth-order valence-corrected chi connectivity index (χ4v) is 5.35. The minimum Gasteiger partial charge on any atom is -0.512 e. The van der Waals surface area contributed by atoms with Crippen molar-refractivity contribution >= 4 is 23.5 Å². The molecule has 0 saturated carbocycles. The molecule has 2 aromatic heterocycles. The van der Waals surface area contributed by atoms with Crippen LogP contribution in [0.2, 0.25) is 0 Å². The fourth-order valence-electron chi connectivity index (χ4n) is 5.35. The van der Waals surface area contributed by atoms with Crippen molar-refractivity contribution in [3.8, 4) is 5.75 Å². The van der Waals surface area contributed by atoms with Crippen LogP contribution in [-0.4, -0.2) is 56.4 Å².